The van der Waals surface area contributed by atoms with Gasteiger partial charge in [-0.1, -0.05) is 5.16 Å². The van der Waals surface area contributed by atoms with Gasteiger partial charge in [-0.3, -0.25) is 15.2 Å². The number of carboxylic acid groups (broad SMARTS) is 1. The summed E-state index contributed by atoms with van der Waals surface area (Å²) in [6.45, 7) is 0.629. The maximum absolute atomic E-state index is 11.2. The van der Waals surface area contributed by atoms with Crippen LogP contribution in [0, 0.1) is 0 Å². The van der Waals surface area contributed by atoms with Crippen LogP contribution in [-0.4, -0.2) is 28.7 Å². The van der Waals surface area contributed by atoms with Crippen LogP contribution in [-0.2, 0) is 4.79 Å². The highest BCUT2D eigenvalue weighted by atomic mass is 16.5. The minimum atomic E-state index is -1.13. The first-order valence-electron chi connectivity index (χ1n) is 6.01. The van der Waals surface area contributed by atoms with Crippen molar-refractivity contribution < 1.29 is 19.2 Å². The molecule has 0 atom stereocenters. The van der Waals surface area contributed by atoms with Crippen LogP contribution in [0.25, 0.3) is 11.3 Å². The lowest BCUT2D eigenvalue weighted by atomic mass is 10.1. The summed E-state index contributed by atoms with van der Waals surface area (Å²) >= 11 is 0. The average molecular weight is 273 g/mol. The van der Waals surface area contributed by atoms with E-state index >= 15 is 0 Å². The van der Waals surface area contributed by atoms with E-state index in [-0.39, 0.29) is 11.6 Å². The molecule has 0 saturated carbocycles. The molecule has 7 nitrogen and oxygen atoms in total. The first-order valence-corrected chi connectivity index (χ1v) is 6.01. The fourth-order valence-electron chi connectivity index (χ4n) is 1.99. The number of carboxylic acids is 1. The van der Waals surface area contributed by atoms with Crippen LogP contribution in [0.3, 0.4) is 0 Å². The zero-order valence-corrected chi connectivity index (χ0v) is 10.4. The van der Waals surface area contributed by atoms with Crippen molar-refractivity contribution in [3.63, 3.8) is 0 Å². The van der Waals surface area contributed by atoms with Gasteiger partial charge < -0.3 is 9.63 Å². The monoisotopic (exact) mass is 273 g/mol. The molecule has 1 aliphatic rings. The van der Waals surface area contributed by atoms with Gasteiger partial charge in [0.1, 0.15) is 0 Å². The maximum atomic E-state index is 11.2. The second-order valence-corrected chi connectivity index (χ2v) is 4.37. The molecule has 0 bridgehead atoms. The van der Waals surface area contributed by atoms with E-state index in [4.69, 9.17) is 9.63 Å². The van der Waals surface area contributed by atoms with Crippen molar-refractivity contribution in [3.05, 3.63) is 36.0 Å². The number of hydrogen-bond donors (Lipinski definition) is 2. The molecule has 1 aliphatic heterocycles. The summed E-state index contributed by atoms with van der Waals surface area (Å²) in [5.41, 5.74) is 4.18. The van der Waals surface area contributed by atoms with Crippen LogP contribution in [0.4, 0.5) is 5.69 Å². The van der Waals surface area contributed by atoms with Gasteiger partial charge in [0.05, 0.1) is 5.69 Å². The van der Waals surface area contributed by atoms with Gasteiger partial charge in [0.25, 0.3) is 0 Å². The van der Waals surface area contributed by atoms with E-state index in [1.54, 1.807) is 17.1 Å². The number of hydrazine groups is 1. The average Bonchev–Trinajstić information content (AvgIpc) is 3.08. The Labute approximate surface area is 113 Å². The third-order valence-electron chi connectivity index (χ3n) is 3.01. The van der Waals surface area contributed by atoms with Gasteiger partial charge in [-0.25, -0.2) is 4.79 Å². The number of benzene rings is 1. The number of anilines is 1. The van der Waals surface area contributed by atoms with Crippen LogP contribution in [0.15, 0.2) is 34.9 Å². The largest absolute Gasteiger partial charge is 0.476 e. The predicted octanol–water partition coefficient (Wildman–Crippen LogP) is 1.28. The molecule has 7 heteroatoms. The lowest BCUT2D eigenvalue weighted by Crippen LogP contribution is -2.32. The van der Waals surface area contributed by atoms with Crippen molar-refractivity contribution >= 4 is 17.6 Å². The molecule has 20 heavy (non-hydrogen) atoms. The summed E-state index contributed by atoms with van der Waals surface area (Å²) in [7, 11) is 0. The number of nitrogens with zero attached hydrogens (tertiary/aromatic N) is 2. The number of aromatic carboxylic acids is 1. The van der Waals surface area contributed by atoms with Crippen molar-refractivity contribution in [2.24, 2.45) is 0 Å². The number of nitrogens with one attached hydrogen (secondary N) is 1. The Balaban J connectivity index is 1.81. The third kappa shape index (κ3) is 2.20. The predicted molar refractivity (Wildman–Crippen MR) is 69.0 cm³/mol. The van der Waals surface area contributed by atoms with Gasteiger partial charge in [0.15, 0.2) is 11.5 Å². The molecule has 2 N–H and O–H groups in total. The van der Waals surface area contributed by atoms with E-state index in [1.165, 1.54) is 6.07 Å². The second-order valence-electron chi connectivity index (χ2n) is 4.37. The number of carbonyl (C=O) groups is 2. The van der Waals surface area contributed by atoms with E-state index in [9.17, 15) is 9.59 Å². The fraction of sp³-hybridized carbons (Fsp3) is 0.154. The Kier molecular flexibility index (Phi) is 2.86. The van der Waals surface area contributed by atoms with Crippen molar-refractivity contribution in [2.45, 2.75) is 6.42 Å². The van der Waals surface area contributed by atoms with E-state index in [0.29, 0.717) is 18.7 Å². The molecule has 0 aliphatic carbocycles. The van der Waals surface area contributed by atoms with Crippen molar-refractivity contribution in [1.29, 1.82) is 0 Å². The van der Waals surface area contributed by atoms with Gasteiger partial charge in [-0.2, -0.15) is 0 Å². The molecule has 1 aromatic heterocycles. The maximum Gasteiger partial charge on any atom is 0.358 e. The summed E-state index contributed by atoms with van der Waals surface area (Å²) in [4.78, 5) is 21.9. The highest BCUT2D eigenvalue weighted by Gasteiger charge is 2.19. The van der Waals surface area contributed by atoms with Crippen molar-refractivity contribution in [3.8, 4) is 11.3 Å². The Hall–Kier alpha value is -2.83. The van der Waals surface area contributed by atoms with Crippen molar-refractivity contribution in [1.82, 2.24) is 10.6 Å². The second kappa shape index (κ2) is 4.69. The molecule has 1 amide bonds. The molecule has 0 unspecified atom stereocenters. The Morgan fingerprint density at radius 1 is 1.35 bits per heavy atom. The summed E-state index contributed by atoms with van der Waals surface area (Å²) in [5, 5.41) is 14.0. The molecule has 1 saturated heterocycles. The molecule has 1 aromatic carbocycles. The topological polar surface area (TPSA) is 95.7 Å². The lowest BCUT2D eigenvalue weighted by molar-refractivity contribution is -0.119. The first kappa shape index (κ1) is 12.2. The number of hydrogen-bond acceptors (Lipinski definition) is 5. The normalized spacial score (nSPS) is 14.4. The Bertz CT molecular complexity index is 663. The zero-order valence-electron chi connectivity index (χ0n) is 10.4. The highest BCUT2D eigenvalue weighted by Crippen LogP contribution is 2.24. The van der Waals surface area contributed by atoms with Gasteiger partial charge in [-0.05, 0) is 24.3 Å². The van der Waals surface area contributed by atoms with Crippen LogP contribution >= 0.6 is 0 Å². The van der Waals surface area contributed by atoms with Crippen LogP contribution in [0.1, 0.15) is 16.9 Å². The minimum Gasteiger partial charge on any atom is -0.476 e. The smallest absolute Gasteiger partial charge is 0.358 e. The molecule has 2 heterocycles. The third-order valence-corrected chi connectivity index (χ3v) is 3.01. The molecule has 2 aromatic rings. The van der Waals surface area contributed by atoms with Gasteiger partial charge in [0, 0.05) is 24.6 Å². The molecular formula is C13H11N3O4. The zero-order chi connectivity index (χ0) is 14.1. The lowest BCUT2D eigenvalue weighted by Gasteiger charge is -2.17. The molecule has 0 radical (unpaired) electrons. The van der Waals surface area contributed by atoms with Gasteiger partial charge in [0.2, 0.25) is 5.91 Å². The quantitative estimate of drug-likeness (QED) is 0.874. The summed E-state index contributed by atoms with van der Waals surface area (Å²) in [5.74, 6) is -0.744. The number of rotatable bonds is 3. The van der Waals surface area contributed by atoms with Gasteiger partial charge in [-0.15, -0.1) is 0 Å². The summed E-state index contributed by atoms with van der Waals surface area (Å²) in [6, 6.07) is 8.58. The molecular weight excluding hydrogens is 262 g/mol. The van der Waals surface area contributed by atoms with E-state index in [0.717, 1.165) is 11.3 Å². The number of carbonyl (C=O) groups excluding carboxylic acids is 1. The van der Waals surface area contributed by atoms with E-state index in [1.807, 2.05) is 12.1 Å². The van der Waals surface area contributed by atoms with Crippen LogP contribution < -0.4 is 10.4 Å². The first-order chi connectivity index (χ1) is 9.63. The van der Waals surface area contributed by atoms with Crippen LogP contribution in [0.5, 0.6) is 0 Å². The number of amides is 1. The van der Waals surface area contributed by atoms with Gasteiger partial charge >= 0.3 is 5.97 Å². The van der Waals surface area contributed by atoms with E-state index in [2.05, 4.69) is 10.6 Å². The Morgan fingerprint density at radius 2 is 2.10 bits per heavy atom. The van der Waals surface area contributed by atoms with Crippen molar-refractivity contribution in [2.75, 3.05) is 11.6 Å². The molecule has 3 rings (SSSR count). The molecule has 0 spiro atoms. The SMILES string of the molecule is O=C1CCN(c2ccc(-c3cc(C(=O)O)no3)cc2)N1. The standard InChI is InChI=1S/C13H11N3O4/c17-12-5-6-16(14-12)9-3-1-8(2-4-9)11-7-10(13(18)19)15-20-11/h1-4,7H,5-6H2,(H,14,17)(H,18,19). The summed E-state index contributed by atoms with van der Waals surface area (Å²) < 4.78 is 4.98. The van der Waals surface area contributed by atoms with E-state index < -0.39 is 5.97 Å². The molecule has 1 fully saturated rings. The summed E-state index contributed by atoms with van der Waals surface area (Å²) in [6.07, 6.45) is 0.478. The van der Waals surface area contributed by atoms with Crippen LogP contribution in [0.2, 0.25) is 0 Å². The number of aromatic nitrogens is 1. The molecule has 102 valence electrons. The minimum absolute atomic E-state index is 0.00425. The highest BCUT2D eigenvalue weighted by molar-refractivity contribution is 5.86. The fourth-order valence-corrected chi connectivity index (χ4v) is 1.99. The Morgan fingerprint density at radius 3 is 2.65 bits per heavy atom.